The number of nitrogens with zero attached hydrogens (tertiary/aromatic N) is 2. The smallest absolute Gasteiger partial charge is 0.134 e. The molecule has 0 aromatic rings. The van der Waals surface area contributed by atoms with Gasteiger partial charge in [-0.2, -0.15) is 5.26 Å². The maximum Gasteiger partial charge on any atom is 0.134 e. The molecule has 1 unspecified atom stereocenters. The number of hydrogen-bond acceptors (Lipinski definition) is 2. The Balaban J connectivity index is 2.29. The van der Waals surface area contributed by atoms with Crippen molar-refractivity contribution in [2.75, 3.05) is 6.54 Å². The molecule has 0 bridgehead atoms. The third-order valence-corrected chi connectivity index (χ3v) is 1.14. The van der Waals surface area contributed by atoms with Crippen LogP contribution in [0.1, 0.15) is 6.92 Å². The van der Waals surface area contributed by atoms with E-state index in [0.717, 1.165) is 6.54 Å². The van der Waals surface area contributed by atoms with E-state index in [9.17, 15) is 0 Å². The average molecular weight is 108 g/mol. The molecule has 1 rings (SSSR count). The molecule has 0 aliphatic carbocycles. The zero-order valence-electron chi connectivity index (χ0n) is 4.83. The highest BCUT2D eigenvalue weighted by molar-refractivity contribution is 5.10. The topological polar surface area (TPSA) is 26.8 Å². The van der Waals surface area contributed by atoms with Crippen molar-refractivity contribution in [3.8, 4) is 6.07 Å². The molecule has 1 fully saturated rings. The molecular weight excluding hydrogens is 100 g/mol. The van der Waals surface area contributed by atoms with Crippen molar-refractivity contribution < 1.29 is 0 Å². The van der Waals surface area contributed by atoms with E-state index in [-0.39, 0.29) is 6.04 Å². The fraction of sp³-hybridized carbons (Fsp3) is 0.500. The number of nitriles is 1. The predicted octanol–water partition coefficient (Wildman–Crippen LogP) is 0.728. The van der Waals surface area contributed by atoms with Crippen molar-refractivity contribution in [2.45, 2.75) is 13.0 Å². The molecule has 8 heavy (non-hydrogen) atoms. The fourth-order valence-corrected chi connectivity index (χ4v) is 0.624. The first-order valence-corrected chi connectivity index (χ1v) is 2.66. The second kappa shape index (κ2) is 1.87. The Kier molecular flexibility index (Phi) is 1.21. The van der Waals surface area contributed by atoms with Gasteiger partial charge in [0.2, 0.25) is 0 Å². The number of hydrogen-bond donors (Lipinski definition) is 0. The lowest BCUT2D eigenvalue weighted by molar-refractivity contribution is 0.732. The molecule has 0 aromatic heterocycles. The van der Waals surface area contributed by atoms with Crippen LogP contribution in [0.25, 0.3) is 0 Å². The van der Waals surface area contributed by atoms with Crippen molar-refractivity contribution in [3.63, 3.8) is 0 Å². The lowest BCUT2D eigenvalue weighted by Crippen LogP contribution is -1.86. The highest BCUT2D eigenvalue weighted by atomic mass is 15.3. The van der Waals surface area contributed by atoms with Gasteiger partial charge in [0.05, 0.1) is 12.6 Å². The molecule has 2 heteroatoms. The fourth-order valence-electron chi connectivity index (χ4n) is 0.624. The quantitative estimate of drug-likeness (QED) is 0.463. The van der Waals surface area contributed by atoms with E-state index in [2.05, 4.69) is 6.07 Å². The normalized spacial score (nSPS) is 26.0. The first-order valence-electron chi connectivity index (χ1n) is 2.66. The maximum absolute atomic E-state index is 8.28. The Morgan fingerprint density at radius 1 is 1.88 bits per heavy atom. The lowest BCUT2D eigenvalue weighted by atomic mass is 10.5. The van der Waals surface area contributed by atoms with Crippen molar-refractivity contribution in [2.24, 2.45) is 0 Å². The molecule has 0 saturated carbocycles. The molecule has 0 N–H and O–H groups in total. The summed E-state index contributed by atoms with van der Waals surface area (Å²) in [5.41, 5.74) is 0. The summed E-state index contributed by atoms with van der Waals surface area (Å²) in [6.45, 7) is 2.87. The molecule has 2 nitrogen and oxygen atoms in total. The summed E-state index contributed by atoms with van der Waals surface area (Å²) in [6.07, 6.45) is 3.88. The van der Waals surface area contributed by atoms with Crippen LogP contribution in [0.5, 0.6) is 0 Å². The average Bonchev–Trinajstić information content (AvgIpc) is 2.48. The summed E-state index contributed by atoms with van der Waals surface area (Å²) in [5, 5.41) is 8.28. The van der Waals surface area contributed by atoms with Crippen molar-refractivity contribution in [1.29, 1.82) is 5.26 Å². The van der Waals surface area contributed by atoms with Crippen LogP contribution in [0.15, 0.2) is 12.3 Å². The molecule has 1 atom stereocenters. The second-order valence-corrected chi connectivity index (χ2v) is 1.82. The molecule has 1 heterocycles. The van der Waals surface area contributed by atoms with Crippen molar-refractivity contribution in [1.82, 2.24) is 4.90 Å². The van der Waals surface area contributed by atoms with E-state index in [4.69, 9.17) is 5.26 Å². The Morgan fingerprint density at radius 2 is 2.62 bits per heavy atom. The highest BCUT2D eigenvalue weighted by Gasteiger charge is 2.29. The van der Waals surface area contributed by atoms with Gasteiger partial charge in [-0.1, -0.05) is 6.08 Å². The van der Waals surface area contributed by atoms with Crippen molar-refractivity contribution in [3.05, 3.63) is 12.3 Å². The minimum atomic E-state index is 0.172. The van der Waals surface area contributed by atoms with E-state index in [0.29, 0.717) is 0 Å². The first kappa shape index (κ1) is 5.17. The van der Waals surface area contributed by atoms with Gasteiger partial charge in [-0.15, -0.1) is 0 Å². The van der Waals surface area contributed by atoms with Crippen LogP contribution in [0.4, 0.5) is 0 Å². The van der Waals surface area contributed by atoms with E-state index in [1.165, 1.54) is 0 Å². The van der Waals surface area contributed by atoms with Gasteiger partial charge in [0.25, 0.3) is 0 Å². The molecule has 0 aromatic carbocycles. The van der Waals surface area contributed by atoms with Gasteiger partial charge in [-0.3, -0.25) is 0 Å². The van der Waals surface area contributed by atoms with Crippen molar-refractivity contribution >= 4 is 0 Å². The van der Waals surface area contributed by atoms with E-state index < -0.39 is 0 Å². The highest BCUT2D eigenvalue weighted by Crippen LogP contribution is 2.15. The SMILES string of the molecule is C/C=C\N1CC1C#N. The third-order valence-electron chi connectivity index (χ3n) is 1.14. The molecule has 1 aliphatic heterocycles. The van der Waals surface area contributed by atoms with Crippen LogP contribution in [0.3, 0.4) is 0 Å². The Bertz CT molecular complexity index is 143. The van der Waals surface area contributed by atoms with Gasteiger partial charge in [0.1, 0.15) is 6.04 Å². The molecule has 1 aliphatic rings. The summed E-state index contributed by atoms with van der Waals surface area (Å²) in [5.74, 6) is 0. The van der Waals surface area contributed by atoms with Crippen LogP contribution in [-0.4, -0.2) is 17.5 Å². The minimum Gasteiger partial charge on any atom is -0.358 e. The van der Waals surface area contributed by atoms with Crippen LogP contribution in [0.2, 0.25) is 0 Å². The standard InChI is InChI=1S/C6H8N2/c1-2-3-8-5-6(8)4-7/h2-3,6H,5H2,1H3/b3-2-. The van der Waals surface area contributed by atoms with Crippen LogP contribution < -0.4 is 0 Å². The van der Waals surface area contributed by atoms with Gasteiger partial charge < -0.3 is 4.90 Å². The number of allylic oxidation sites excluding steroid dienone is 1. The Hall–Kier alpha value is -0.970. The Morgan fingerprint density at radius 3 is 3.00 bits per heavy atom. The molecule has 0 spiro atoms. The summed E-state index contributed by atoms with van der Waals surface area (Å²) >= 11 is 0. The molecule has 42 valence electrons. The third kappa shape index (κ3) is 0.812. The van der Waals surface area contributed by atoms with Crippen LogP contribution in [-0.2, 0) is 0 Å². The minimum absolute atomic E-state index is 0.172. The zero-order chi connectivity index (χ0) is 5.98. The summed E-state index contributed by atoms with van der Waals surface area (Å²) < 4.78 is 0. The van der Waals surface area contributed by atoms with Crippen LogP contribution in [0, 0.1) is 11.3 Å². The summed E-state index contributed by atoms with van der Waals surface area (Å²) in [4.78, 5) is 1.99. The van der Waals surface area contributed by atoms with Gasteiger partial charge in [-0.25, -0.2) is 0 Å². The molecule has 0 amide bonds. The van der Waals surface area contributed by atoms with E-state index in [1.807, 2.05) is 24.1 Å². The van der Waals surface area contributed by atoms with Gasteiger partial charge >= 0.3 is 0 Å². The van der Waals surface area contributed by atoms with E-state index in [1.54, 1.807) is 0 Å². The largest absolute Gasteiger partial charge is 0.358 e. The van der Waals surface area contributed by atoms with Gasteiger partial charge in [-0.05, 0) is 13.1 Å². The monoisotopic (exact) mass is 108 g/mol. The van der Waals surface area contributed by atoms with Gasteiger partial charge in [0, 0.05) is 0 Å². The van der Waals surface area contributed by atoms with Crippen LogP contribution >= 0.6 is 0 Å². The molecular formula is C6H8N2. The summed E-state index contributed by atoms with van der Waals surface area (Å²) in [6, 6.07) is 2.32. The zero-order valence-corrected chi connectivity index (χ0v) is 4.83. The molecule has 0 radical (unpaired) electrons. The Labute approximate surface area is 49.0 Å². The molecule has 1 saturated heterocycles. The lowest BCUT2D eigenvalue weighted by Gasteiger charge is -1.84. The predicted molar refractivity (Wildman–Crippen MR) is 30.9 cm³/mol. The summed E-state index contributed by atoms with van der Waals surface area (Å²) in [7, 11) is 0. The number of rotatable bonds is 1. The van der Waals surface area contributed by atoms with Gasteiger partial charge in [0.15, 0.2) is 0 Å². The van der Waals surface area contributed by atoms with E-state index >= 15 is 0 Å². The second-order valence-electron chi connectivity index (χ2n) is 1.82. The first-order chi connectivity index (χ1) is 3.88. The maximum atomic E-state index is 8.28.